The van der Waals surface area contributed by atoms with Crippen LogP contribution in [0.2, 0.25) is 5.02 Å². The van der Waals surface area contributed by atoms with Gasteiger partial charge in [0, 0.05) is 0 Å². The summed E-state index contributed by atoms with van der Waals surface area (Å²) in [4.78, 5) is 0. The molecule has 2 rings (SSSR count). The normalized spacial score (nSPS) is 10.8. The zero-order valence-electron chi connectivity index (χ0n) is 7.50. The summed E-state index contributed by atoms with van der Waals surface area (Å²) in [6, 6.07) is 2.09. The fourth-order valence-corrected chi connectivity index (χ4v) is 2.53. The quantitative estimate of drug-likeness (QED) is 0.824. The van der Waals surface area contributed by atoms with Crippen molar-refractivity contribution in [2.75, 3.05) is 0 Å². The largest absolute Gasteiger partial charge is 0.264 e. The molecule has 2 aromatic rings. The van der Waals surface area contributed by atoms with E-state index >= 15 is 0 Å². The van der Waals surface area contributed by atoms with Crippen LogP contribution in [0, 0.1) is 6.92 Å². The van der Waals surface area contributed by atoms with Crippen molar-refractivity contribution in [1.82, 2.24) is 9.78 Å². The van der Waals surface area contributed by atoms with Crippen molar-refractivity contribution in [2.24, 2.45) is 0 Å². The molecule has 0 bridgehead atoms. The smallest absolute Gasteiger partial charge is 0.0815 e. The minimum Gasteiger partial charge on any atom is -0.264 e. The molecule has 2 aromatic heterocycles. The van der Waals surface area contributed by atoms with Crippen LogP contribution in [-0.4, -0.2) is 9.78 Å². The fourth-order valence-electron chi connectivity index (χ4n) is 1.18. The molecule has 2 nitrogen and oxygen atoms in total. The number of aromatic nitrogens is 2. The average molecular weight is 292 g/mol. The maximum Gasteiger partial charge on any atom is 0.0815 e. The van der Waals surface area contributed by atoms with Crippen LogP contribution in [0.25, 0.3) is 0 Å². The highest BCUT2D eigenvalue weighted by atomic mass is 79.9. The first-order chi connectivity index (χ1) is 6.68. The molecule has 14 heavy (non-hydrogen) atoms. The summed E-state index contributed by atoms with van der Waals surface area (Å²) in [6.07, 6.45) is 1.68. The SMILES string of the molecule is Cc1c(Cl)cnn1Cc1ccsc1Br. The third-order valence-corrected chi connectivity index (χ3v) is 4.24. The van der Waals surface area contributed by atoms with Crippen molar-refractivity contribution in [3.63, 3.8) is 0 Å². The third-order valence-electron chi connectivity index (χ3n) is 2.06. The lowest BCUT2D eigenvalue weighted by atomic mass is 10.3. The van der Waals surface area contributed by atoms with Crippen LogP contribution >= 0.6 is 38.9 Å². The Morgan fingerprint density at radius 3 is 2.93 bits per heavy atom. The first-order valence-electron chi connectivity index (χ1n) is 4.08. The second kappa shape index (κ2) is 4.04. The molecule has 0 aliphatic heterocycles. The Bertz CT molecular complexity index is 449. The maximum absolute atomic E-state index is 5.92. The summed E-state index contributed by atoms with van der Waals surface area (Å²) in [7, 11) is 0. The molecule has 0 aliphatic carbocycles. The van der Waals surface area contributed by atoms with Crippen LogP contribution in [0.5, 0.6) is 0 Å². The molecule has 0 N–H and O–H groups in total. The first-order valence-corrected chi connectivity index (χ1v) is 6.13. The molecule has 0 fully saturated rings. The highest BCUT2D eigenvalue weighted by molar-refractivity contribution is 9.11. The van der Waals surface area contributed by atoms with E-state index in [4.69, 9.17) is 11.6 Å². The van der Waals surface area contributed by atoms with Crippen molar-refractivity contribution < 1.29 is 0 Å². The zero-order chi connectivity index (χ0) is 10.1. The van der Waals surface area contributed by atoms with Crippen molar-refractivity contribution >= 4 is 38.9 Å². The summed E-state index contributed by atoms with van der Waals surface area (Å²) in [5.74, 6) is 0. The van der Waals surface area contributed by atoms with Gasteiger partial charge in [-0.3, -0.25) is 4.68 Å². The molecule has 74 valence electrons. The topological polar surface area (TPSA) is 17.8 Å². The Labute approximate surface area is 99.6 Å². The zero-order valence-corrected chi connectivity index (χ0v) is 10.7. The molecule has 0 aromatic carbocycles. The molecule has 0 unspecified atom stereocenters. The van der Waals surface area contributed by atoms with E-state index in [0.29, 0.717) is 0 Å². The van der Waals surface area contributed by atoms with Gasteiger partial charge in [0.15, 0.2) is 0 Å². The molecule has 0 atom stereocenters. The molecular weight excluding hydrogens is 284 g/mol. The van der Waals surface area contributed by atoms with Gasteiger partial charge in [-0.05, 0) is 39.9 Å². The lowest BCUT2D eigenvalue weighted by Crippen LogP contribution is -2.02. The van der Waals surface area contributed by atoms with Crippen molar-refractivity contribution in [3.8, 4) is 0 Å². The van der Waals surface area contributed by atoms with Gasteiger partial charge >= 0.3 is 0 Å². The molecule has 0 saturated carbocycles. The minimum absolute atomic E-state index is 0.719. The van der Waals surface area contributed by atoms with E-state index in [1.54, 1.807) is 17.5 Å². The predicted molar refractivity (Wildman–Crippen MR) is 63.1 cm³/mol. The van der Waals surface area contributed by atoms with Gasteiger partial charge in [0.2, 0.25) is 0 Å². The number of rotatable bonds is 2. The van der Waals surface area contributed by atoms with Crippen LogP contribution in [0.4, 0.5) is 0 Å². The van der Waals surface area contributed by atoms with E-state index in [0.717, 1.165) is 21.0 Å². The molecule has 0 saturated heterocycles. The number of halogens is 2. The number of thiophene rings is 1. The molecule has 0 aliphatic rings. The number of hydrogen-bond acceptors (Lipinski definition) is 2. The van der Waals surface area contributed by atoms with Gasteiger partial charge in [0.1, 0.15) is 0 Å². The molecule has 2 heterocycles. The highest BCUT2D eigenvalue weighted by Crippen LogP contribution is 2.25. The third kappa shape index (κ3) is 1.87. The Morgan fingerprint density at radius 2 is 2.43 bits per heavy atom. The van der Waals surface area contributed by atoms with Crippen LogP contribution in [-0.2, 0) is 6.54 Å². The Hall–Kier alpha value is -0.320. The van der Waals surface area contributed by atoms with Gasteiger partial charge < -0.3 is 0 Å². The summed E-state index contributed by atoms with van der Waals surface area (Å²) in [5, 5.41) is 6.97. The summed E-state index contributed by atoms with van der Waals surface area (Å²) >= 11 is 11.1. The lowest BCUT2D eigenvalue weighted by molar-refractivity contribution is 0.665. The molecule has 5 heteroatoms. The van der Waals surface area contributed by atoms with E-state index in [-0.39, 0.29) is 0 Å². The van der Waals surface area contributed by atoms with E-state index in [9.17, 15) is 0 Å². The van der Waals surface area contributed by atoms with Crippen LogP contribution in [0.15, 0.2) is 21.4 Å². The van der Waals surface area contributed by atoms with Gasteiger partial charge in [-0.2, -0.15) is 5.10 Å². The van der Waals surface area contributed by atoms with Gasteiger partial charge in [0.05, 0.1) is 27.2 Å². The predicted octanol–water partition coefficient (Wildman–Crippen LogP) is 3.72. The van der Waals surface area contributed by atoms with Crippen LogP contribution in [0.3, 0.4) is 0 Å². The highest BCUT2D eigenvalue weighted by Gasteiger charge is 2.07. The van der Waals surface area contributed by atoms with Gasteiger partial charge in [-0.25, -0.2) is 0 Å². The van der Waals surface area contributed by atoms with E-state index in [2.05, 4.69) is 32.5 Å². The Balaban J connectivity index is 2.27. The van der Waals surface area contributed by atoms with Crippen molar-refractivity contribution in [2.45, 2.75) is 13.5 Å². The molecular formula is C9H8BrClN2S. The van der Waals surface area contributed by atoms with Gasteiger partial charge in [-0.1, -0.05) is 11.6 Å². The molecule has 0 spiro atoms. The standard InChI is InChI=1S/C9H8BrClN2S/c1-6-8(11)4-12-13(6)5-7-2-3-14-9(7)10/h2-4H,5H2,1H3. The van der Waals surface area contributed by atoms with Crippen molar-refractivity contribution in [1.29, 1.82) is 0 Å². The summed E-state index contributed by atoms with van der Waals surface area (Å²) < 4.78 is 3.05. The molecule has 0 radical (unpaired) electrons. The summed E-state index contributed by atoms with van der Waals surface area (Å²) in [5.41, 5.74) is 2.24. The van der Waals surface area contributed by atoms with E-state index in [1.807, 2.05) is 11.6 Å². The second-order valence-corrected chi connectivity index (χ2v) is 5.60. The second-order valence-electron chi connectivity index (χ2n) is 2.96. The number of nitrogens with zero attached hydrogens (tertiary/aromatic N) is 2. The Kier molecular flexibility index (Phi) is 2.95. The van der Waals surface area contributed by atoms with Crippen LogP contribution in [0.1, 0.15) is 11.3 Å². The average Bonchev–Trinajstić information content (AvgIpc) is 2.68. The summed E-state index contributed by atoms with van der Waals surface area (Å²) in [6.45, 7) is 2.73. The van der Waals surface area contributed by atoms with Crippen molar-refractivity contribution in [3.05, 3.63) is 37.7 Å². The molecule has 0 amide bonds. The number of hydrogen-bond donors (Lipinski definition) is 0. The first kappa shape index (κ1) is 10.2. The van der Waals surface area contributed by atoms with E-state index < -0.39 is 0 Å². The van der Waals surface area contributed by atoms with Crippen LogP contribution < -0.4 is 0 Å². The van der Waals surface area contributed by atoms with Gasteiger partial charge in [0.25, 0.3) is 0 Å². The van der Waals surface area contributed by atoms with Gasteiger partial charge in [-0.15, -0.1) is 11.3 Å². The minimum atomic E-state index is 0.719. The fraction of sp³-hybridized carbons (Fsp3) is 0.222. The Morgan fingerprint density at radius 1 is 1.64 bits per heavy atom. The monoisotopic (exact) mass is 290 g/mol. The van der Waals surface area contributed by atoms with E-state index in [1.165, 1.54) is 5.56 Å². The maximum atomic E-state index is 5.92. The lowest BCUT2D eigenvalue weighted by Gasteiger charge is -2.02.